The molecule has 0 bridgehead atoms. The Balaban J connectivity index is 1.41. The van der Waals surface area contributed by atoms with Crippen molar-refractivity contribution >= 4 is 46.8 Å². The quantitative estimate of drug-likeness (QED) is 0.348. The number of carbonyl (C=O) groups excluding carboxylic acids is 3. The summed E-state index contributed by atoms with van der Waals surface area (Å²) in [4.78, 5) is 49.8. The molecule has 0 unspecified atom stereocenters. The number of carbonyl (C=O) groups is 4. The van der Waals surface area contributed by atoms with E-state index in [4.69, 9.17) is 5.11 Å². The zero-order chi connectivity index (χ0) is 24.9. The van der Waals surface area contributed by atoms with E-state index in [1.54, 1.807) is 60.7 Å². The maximum atomic E-state index is 12.8. The summed E-state index contributed by atoms with van der Waals surface area (Å²) >= 11 is 0.849. The first kappa shape index (κ1) is 23.7. The Hall–Kier alpha value is -4.43. The molecular formula is C27H19NO6S. The molecule has 0 aromatic heterocycles. The van der Waals surface area contributed by atoms with Crippen LogP contribution in [0.25, 0.3) is 12.2 Å². The standard InChI is InChI=1S/C27H19NO6S/c29-22-12-10-20(11-13-22)23(30)14-7-17-1-3-18(4-2-17)15-24-25(31)28(27(34)35-24)16-19-5-8-21(9-6-19)26(32)33/h1-15,29H,16H2,(H,32,33)/b14-7+,24-15-. The summed E-state index contributed by atoms with van der Waals surface area (Å²) in [5.41, 5.74) is 2.75. The zero-order valence-corrected chi connectivity index (χ0v) is 19.1. The van der Waals surface area contributed by atoms with Gasteiger partial charge in [0.25, 0.3) is 11.1 Å². The van der Waals surface area contributed by atoms with E-state index in [2.05, 4.69) is 0 Å². The van der Waals surface area contributed by atoms with Crippen LogP contribution in [-0.4, -0.2) is 38.0 Å². The number of aromatic carboxylic acids is 1. The normalized spacial score (nSPS) is 14.7. The predicted octanol–water partition coefficient (Wildman–Crippen LogP) is 5.22. The van der Waals surface area contributed by atoms with E-state index in [1.807, 2.05) is 0 Å². The van der Waals surface area contributed by atoms with E-state index >= 15 is 0 Å². The average Bonchev–Trinajstić information content (AvgIpc) is 3.11. The van der Waals surface area contributed by atoms with Crippen molar-refractivity contribution in [2.75, 3.05) is 0 Å². The summed E-state index contributed by atoms with van der Waals surface area (Å²) in [5.74, 6) is -1.56. The van der Waals surface area contributed by atoms with Crippen molar-refractivity contribution in [2.45, 2.75) is 6.54 Å². The number of carboxylic acids is 1. The van der Waals surface area contributed by atoms with Crippen molar-refractivity contribution < 1.29 is 29.4 Å². The molecule has 0 atom stereocenters. The molecule has 0 radical (unpaired) electrons. The molecule has 2 N–H and O–H groups in total. The molecule has 3 aromatic rings. The smallest absolute Gasteiger partial charge is 0.335 e. The van der Waals surface area contributed by atoms with E-state index in [0.717, 1.165) is 27.8 Å². The third-order valence-corrected chi connectivity index (χ3v) is 6.14. The second-order valence-corrected chi connectivity index (χ2v) is 8.67. The van der Waals surface area contributed by atoms with Crippen LogP contribution in [0.1, 0.15) is 37.4 Å². The Morgan fingerprint density at radius 2 is 1.43 bits per heavy atom. The summed E-state index contributed by atoms with van der Waals surface area (Å²) in [5, 5.41) is 17.9. The summed E-state index contributed by atoms with van der Waals surface area (Å²) in [7, 11) is 0. The third-order valence-electron chi connectivity index (χ3n) is 5.23. The number of nitrogens with zero attached hydrogens (tertiary/aromatic N) is 1. The van der Waals surface area contributed by atoms with Crippen LogP contribution in [0.3, 0.4) is 0 Å². The molecule has 1 aliphatic heterocycles. The van der Waals surface area contributed by atoms with Gasteiger partial charge in [-0.1, -0.05) is 42.5 Å². The molecule has 35 heavy (non-hydrogen) atoms. The number of phenolic OH excluding ortho intramolecular Hbond substituents is 1. The lowest BCUT2D eigenvalue weighted by Gasteiger charge is -2.12. The zero-order valence-electron chi connectivity index (χ0n) is 18.3. The molecule has 8 heteroatoms. The van der Waals surface area contributed by atoms with Gasteiger partial charge in [0.15, 0.2) is 5.78 Å². The number of allylic oxidation sites excluding steroid dienone is 1. The first-order valence-electron chi connectivity index (χ1n) is 10.5. The van der Waals surface area contributed by atoms with Crippen LogP contribution in [0, 0.1) is 0 Å². The Morgan fingerprint density at radius 1 is 0.829 bits per heavy atom. The SMILES string of the molecule is O=C(O)c1ccc(CN2C(=O)S/C(=C\c3ccc(/C=C/C(=O)c4ccc(O)cc4)cc3)C2=O)cc1. The summed E-state index contributed by atoms with van der Waals surface area (Å²) in [6.07, 6.45) is 4.74. The summed E-state index contributed by atoms with van der Waals surface area (Å²) in [6, 6.07) is 19.2. The Labute approximate surface area is 205 Å². The highest BCUT2D eigenvalue weighted by atomic mass is 32.2. The lowest BCUT2D eigenvalue weighted by molar-refractivity contribution is -0.123. The number of hydrogen-bond acceptors (Lipinski definition) is 6. The first-order valence-corrected chi connectivity index (χ1v) is 11.3. The van der Waals surface area contributed by atoms with Crippen molar-refractivity contribution in [3.8, 4) is 5.75 Å². The largest absolute Gasteiger partial charge is 0.508 e. The van der Waals surface area contributed by atoms with Gasteiger partial charge in [0.1, 0.15) is 5.75 Å². The van der Waals surface area contributed by atoms with Gasteiger partial charge in [-0.05, 0) is 77.0 Å². The van der Waals surface area contributed by atoms with Crippen LogP contribution in [-0.2, 0) is 11.3 Å². The minimum atomic E-state index is -1.05. The van der Waals surface area contributed by atoms with Gasteiger partial charge in [-0.15, -0.1) is 0 Å². The highest BCUT2D eigenvalue weighted by molar-refractivity contribution is 8.18. The predicted molar refractivity (Wildman–Crippen MR) is 133 cm³/mol. The van der Waals surface area contributed by atoms with E-state index in [9.17, 15) is 24.3 Å². The van der Waals surface area contributed by atoms with Crippen LogP contribution in [0.2, 0.25) is 0 Å². The van der Waals surface area contributed by atoms with Gasteiger partial charge in [0.2, 0.25) is 0 Å². The van der Waals surface area contributed by atoms with E-state index in [-0.39, 0.29) is 23.6 Å². The van der Waals surface area contributed by atoms with E-state index < -0.39 is 17.1 Å². The molecule has 0 spiro atoms. The highest BCUT2D eigenvalue weighted by Gasteiger charge is 2.34. The van der Waals surface area contributed by atoms with Crippen LogP contribution in [0.4, 0.5) is 4.79 Å². The Bertz CT molecular complexity index is 1360. The number of benzene rings is 3. The number of hydrogen-bond donors (Lipinski definition) is 2. The second kappa shape index (κ2) is 10.2. The molecule has 7 nitrogen and oxygen atoms in total. The summed E-state index contributed by atoms with van der Waals surface area (Å²) in [6.45, 7) is 0.0562. The number of ketones is 1. The molecule has 0 aliphatic carbocycles. The van der Waals surface area contributed by atoms with Gasteiger partial charge in [0, 0.05) is 5.56 Å². The number of phenols is 1. The van der Waals surface area contributed by atoms with E-state index in [1.165, 1.54) is 30.3 Å². The molecule has 1 heterocycles. The maximum absolute atomic E-state index is 12.8. The molecular weight excluding hydrogens is 466 g/mol. The average molecular weight is 486 g/mol. The number of aromatic hydroxyl groups is 1. The number of rotatable bonds is 7. The van der Waals surface area contributed by atoms with Crippen molar-refractivity contribution in [3.63, 3.8) is 0 Å². The number of carboxylic acid groups (broad SMARTS) is 1. The van der Waals surface area contributed by atoms with Gasteiger partial charge < -0.3 is 10.2 Å². The van der Waals surface area contributed by atoms with E-state index in [0.29, 0.717) is 16.0 Å². The van der Waals surface area contributed by atoms with Gasteiger partial charge in [-0.2, -0.15) is 0 Å². The Kier molecular flexibility index (Phi) is 6.93. The van der Waals surface area contributed by atoms with Crippen molar-refractivity contribution in [3.05, 3.63) is 112 Å². The molecule has 174 valence electrons. The number of amides is 2. The number of thioether (sulfide) groups is 1. The fraction of sp³-hybridized carbons (Fsp3) is 0.0370. The summed E-state index contributed by atoms with van der Waals surface area (Å²) < 4.78 is 0. The monoisotopic (exact) mass is 485 g/mol. The molecule has 4 rings (SSSR count). The minimum absolute atomic E-state index is 0.0562. The molecule has 2 amide bonds. The lowest BCUT2D eigenvalue weighted by Crippen LogP contribution is -2.27. The van der Waals surface area contributed by atoms with Gasteiger partial charge in [0.05, 0.1) is 17.0 Å². The van der Waals surface area contributed by atoms with Crippen LogP contribution in [0.5, 0.6) is 5.75 Å². The van der Waals surface area contributed by atoms with Crippen molar-refractivity contribution in [2.24, 2.45) is 0 Å². The topological polar surface area (TPSA) is 112 Å². The fourth-order valence-corrected chi connectivity index (χ4v) is 4.16. The fourth-order valence-electron chi connectivity index (χ4n) is 3.32. The van der Waals surface area contributed by atoms with Crippen molar-refractivity contribution in [1.29, 1.82) is 0 Å². The van der Waals surface area contributed by atoms with Gasteiger partial charge in [-0.25, -0.2) is 4.79 Å². The molecule has 0 saturated carbocycles. The molecule has 3 aromatic carbocycles. The maximum Gasteiger partial charge on any atom is 0.335 e. The minimum Gasteiger partial charge on any atom is -0.508 e. The lowest BCUT2D eigenvalue weighted by atomic mass is 10.1. The molecule has 1 saturated heterocycles. The molecule has 1 aliphatic rings. The van der Waals surface area contributed by atoms with Crippen molar-refractivity contribution in [1.82, 2.24) is 4.90 Å². The third kappa shape index (κ3) is 5.74. The second-order valence-electron chi connectivity index (χ2n) is 7.68. The number of imide groups is 1. The highest BCUT2D eigenvalue weighted by Crippen LogP contribution is 2.33. The van der Waals surface area contributed by atoms with Gasteiger partial charge in [-0.3, -0.25) is 19.3 Å². The van der Waals surface area contributed by atoms with Crippen LogP contribution in [0.15, 0.2) is 83.8 Å². The first-order chi connectivity index (χ1) is 16.8. The van der Waals surface area contributed by atoms with Gasteiger partial charge >= 0.3 is 5.97 Å². The van der Waals surface area contributed by atoms with Crippen LogP contribution < -0.4 is 0 Å². The van der Waals surface area contributed by atoms with Crippen LogP contribution >= 0.6 is 11.8 Å². The molecule has 1 fully saturated rings. The Morgan fingerprint density at radius 3 is 2.06 bits per heavy atom.